The Labute approximate surface area is 165 Å². The third kappa shape index (κ3) is 3.99. The van der Waals surface area contributed by atoms with Crippen LogP contribution in [0.5, 0.6) is 0 Å². The highest BCUT2D eigenvalue weighted by atomic mass is 35.5. The number of anilines is 2. The van der Waals surface area contributed by atoms with Gasteiger partial charge in [-0.15, -0.1) is 12.4 Å². The van der Waals surface area contributed by atoms with E-state index in [1.165, 1.54) is 0 Å². The molecule has 0 saturated heterocycles. The summed E-state index contributed by atoms with van der Waals surface area (Å²) in [6.45, 7) is 0. The molecule has 0 aliphatic heterocycles. The Bertz CT molecular complexity index is 808. The number of halogens is 1. The van der Waals surface area contributed by atoms with Gasteiger partial charge < -0.3 is 16.4 Å². The van der Waals surface area contributed by atoms with Crippen LogP contribution in [0.3, 0.4) is 0 Å². The number of nitrogens with one attached hydrogen (secondary N) is 2. The maximum atomic E-state index is 12.6. The van der Waals surface area contributed by atoms with E-state index in [0.717, 1.165) is 24.9 Å². The number of nitrogens with two attached hydrogens (primary N) is 1. The summed E-state index contributed by atoms with van der Waals surface area (Å²) in [6, 6.07) is 16.2. The summed E-state index contributed by atoms with van der Waals surface area (Å²) in [4.78, 5) is 24.9. The Morgan fingerprint density at radius 3 is 2.11 bits per heavy atom. The summed E-state index contributed by atoms with van der Waals surface area (Å²) >= 11 is 0. The van der Waals surface area contributed by atoms with Gasteiger partial charge >= 0.3 is 0 Å². The second kappa shape index (κ2) is 8.11. The maximum Gasteiger partial charge on any atom is 0.255 e. The number of rotatable bonds is 4. The Hall–Kier alpha value is -2.37. The molecule has 2 amide bonds. The molecule has 0 aromatic heterocycles. The lowest BCUT2D eigenvalue weighted by atomic mass is 9.84. The topological polar surface area (TPSA) is 84.2 Å². The lowest BCUT2D eigenvalue weighted by Gasteiger charge is -2.27. The molecule has 27 heavy (non-hydrogen) atoms. The molecule has 4 unspecified atom stereocenters. The summed E-state index contributed by atoms with van der Waals surface area (Å²) < 4.78 is 0. The van der Waals surface area contributed by atoms with E-state index in [-0.39, 0.29) is 36.2 Å². The zero-order valence-electron chi connectivity index (χ0n) is 14.9. The van der Waals surface area contributed by atoms with Gasteiger partial charge in [-0.05, 0) is 67.5 Å². The van der Waals surface area contributed by atoms with Crippen molar-refractivity contribution >= 4 is 35.6 Å². The van der Waals surface area contributed by atoms with E-state index in [2.05, 4.69) is 10.6 Å². The number of benzene rings is 2. The van der Waals surface area contributed by atoms with Crippen LogP contribution in [0.4, 0.5) is 11.4 Å². The van der Waals surface area contributed by atoms with Crippen molar-refractivity contribution in [3.05, 3.63) is 60.2 Å². The van der Waals surface area contributed by atoms with Crippen molar-refractivity contribution in [3.63, 3.8) is 0 Å². The number of fused-ring (bicyclic) bond motifs is 2. The van der Waals surface area contributed by atoms with Crippen molar-refractivity contribution in [1.82, 2.24) is 0 Å². The fourth-order valence-electron chi connectivity index (χ4n) is 4.38. The van der Waals surface area contributed by atoms with Crippen LogP contribution in [0.1, 0.15) is 29.6 Å². The fourth-order valence-corrected chi connectivity index (χ4v) is 4.38. The Morgan fingerprint density at radius 2 is 1.48 bits per heavy atom. The predicted octanol–water partition coefficient (Wildman–Crippen LogP) is 3.67. The molecule has 4 atom stereocenters. The van der Waals surface area contributed by atoms with Gasteiger partial charge in [0.05, 0.1) is 5.92 Å². The number of hydrogen-bond acceptors (Lipinski definition) is 3. The number of hydrogen-bond donors (Lipinski definition) is 3. The van der Waals surface area contributed by atoms with Gasteiger partial charge in [-0.3, -0.25) is 9.59 Å². The molecule has 2 aliphatic carbocycles. The smallest absolute Gasteiger partial charge is 0.255 e. The van der Waals surface area contributed by atoms with Crippen LogP contribution in [0.15, 0.2) is 54.6 Å². The van der Waals surface area contributed by atoms with E-state index in [4.69, 9.17) is 5.73 Å². The minimum Gasteiger partial charge on any atom is -0.327 e. The van der Waals surface area contributed by atoms with Gasteiger partial charge in [0.1, 0.15) is 0 Å². The van der Waals surface area contributed by atoms with Gasteiger partial charge in [0.2, 0.25) is 5.91 Å². The number of carbonyl (C=O) groups excluding carboxylic acids is 2. The van der Waals surface area contributed by atoms with Crippen molar-refractivity contribution < 1.29 is 9.59 Å². The van der Waals surface area contributed by atoms with Gasteiger partial charge in [-0.1, -0.05) is 18.2 Å². The van der Waals surface area contributed by atoms with Crippen molar-refractivity contribution in [3.8, 4) is 0 Å². The number of amides is 2. The monoisotopic (exact) mass is 385 g/mol. The molecule has 5 nitrogen and oxygen atoms in total. The lowest BCUT2D eigenvalue weighted by molar-refractivity contribution is -0.121. The third-order valence-corrected chi connectivity index (χ3v) is 5.73. The van der Waals surface area contributed by atoms with E-state index < -0.39 is 0 Å². The van der Waals surface area contributed by atoms with Gasteiger partial charge in [-0.25, -0.2) is 0 Å². The first-order valence-electron chi connectivity index (χ1n) is 9.15. The average Bonchev–Trinajstić information content (AvgIpc) is 3.24. The molecular formula is C21H24ClN3O2. The van der Waals surface area contributed by atoms with E-state index in [1.54, 1.807) is 24.3 Å². The highest BCUT2D eigenvalue weighted by molar-refractivity contribution is 6.04. The van der Waals surface area contributed by atoms with Crippen LogP contribution in [0, 0.1) is 17.8 Å². The molecule has 6 heteroatoms. The first-order valence-corrected chi connectivity index (χ1v) is 9.15. The van der Waals surface area contributed by atoms with Gasteiger partial charge in [-0.2, -0.15) is 0 Å². The standard InChI is InChI=1S/C21H23N3O2.ClH/c22-19-15-7-6-14(12-15)18(19)21(26)24-17-10-8-13(9-11-17)20(25)23-16-4-2-1-3-5-16;/h1-5,8-11,14-15,18-19H,6-7,12,22H2,(H,23,25)(H,24,26);1H. The second-order valence-corrected chi connectivity index (χ2v) is 7.32. The molecule has 2 fully saturated rings. The molecule has 2 aliphatic rings. The quantitative estimate of drug-likeness (QED) is 0.750. The Kier molecular flexibility index (Phi) is 5.82. The van der Waals surface area contributed by atoms with Gasteiger partial charge in [0.25, 0.3) is 5.91 Å². The highest BCUT2D eigenvalue weighted by Crippen LogP contribution is 2.47. The van der Waals surface area contributed by atoms with Crippen LogP contribution in [0.2, 0.25) is 0 Å². The van der Waals surface area contributed by atoms with Crippen LogP contribution in [-0.2, 0) is 4.79 Å². The minimum atomic E-state index is -0.177. The SMILES string of the molecule is Cl.NC1C2CCC(C2)C1C(=O)Nc1ccc(C(=O)Nc2ccccc2)cc1. The van der Waals surface area contributed by atoms with E-state index >= 15 is 0 Å². The van der Waals surface area contributed by atoms with Crippen LogP contribution in [-0.4, -0.2) is 17.9 Å². The summed E-state index contributed by atoms with van der Waals surface area (Å²) in [6.07, 6.45) is 3.34. The highest BCUT2D eigenvalue weighted by Gasteiger charge is 2.49. The largest absolute Gasteiger partial charge is 0.327 e. The summed E-state index contributed by atoms with van der Waals surface area (Å²) in [5.41, 5.74) is 8.23. The molecule has 4 N–H and O–H groups in total. The third-order valence-electron chi connectivity index (χ3n) is 5.73. The molecule has 2 saturated carbocycles. The van der Waals surface area contributed by atoms with Crippen LogP contribution in [0.25, 0.3) is 0 Å². The first-order chi connectivity index (χ1) is 12.6. The van der Waals surface area contributed by atoms with E-state index in [1.807, 2.05) is 30.3 Å². The average molecular weight is 386 g/mol. The number of para-hydroxylation sites is 1. The second-order valence-electron chi connectivity index (χ2n) is 7.32. The summed E-state index contributed by atoms with van der Waals surface area (Å²) in [5, 5.41) is 5.81. The molecule has 2 aromatic rings. The van der Waals surface area contributed by atoms with Gasteiger partial charge in [0, 0.05) is 23.0 Å². The Balaban J connectivity index is 0.00000210. The first kappa shape index (κ1) is 19.4. The Morgan fingerprint density at radius 1 is 0.852 bits per heavy atom. The molecule has 2 bridgehead atoms. The van der Waals surface area contributed by atoms with Crippen molar-refractivity contribution in [2.24, 2.45) is 23.5 Å². The fraction of sp³-hybridized carbons (Fsp3) is 0.333. The molecule has 0 spiro atoms. The molecule has 142 valence electrons. The molecular weight excluding hydrogens is 362 g/mol. The van der Waals surface area contributed by atoms with E-state index in [0.29, 0.717) is 23.1 Å². The molecule has 2 aromatic carbocycles. The van der Waals surface area contributed by atoms with Crippen molar-refractivity contribution in [1.29, 1.82) is 0 Å². The van der Waals surface area contributed by atoms with E-state index in [9.17, 15) is 9.59 Å². The normalized spacial score (nSPS) is 25.5. The lowest BCUT2D eigenvalue weighted by Crippen LogP contribution is -2.42. The molecule has 0 radical (unpaired) electrons. The van der Waals surface area contributed by atoms with Crippen molar-refractivity contribution in [2.45, 2.75) is 25.3 Å². The predicted molar refractivity (Wildman–Crippen MR) is 109 cm³/mol. The van der Waals surface area contributed by atoms with Crippen LogP contribution >= 0.6 is 12.4 Å². The minimum absolute atomic E-state index is 0. The summed E-state index contributed by atoms with van der Waals surface area (Å²) in [7, 11) is 0. The zero-order valence-corrected chi connectivity index (χ0v) is 15.7. The van der Waals surface area contributed by atoms with Crippen LogP contribution < -0.4 is 16.4 Å². The molecule has 4 rings (SSSR count). The summed E-state index contributed by atoms with van der Waals surface area (Å²) in [5.74, 6) is 0.663. The van der Waals surface area contributed by atoms with Crippen molar-refractivity contribution in [2.75, 3.05) is 10.6 Å². The molecule has 0 heterocycles. The maximum absolute atomic E-state index is 12.6. The zero-order chi connectivity index (χ0) is 18.1. The number of carbonyl (C=O) groups is 2. The van der Waals surface area contributed by atoms with Gasteiger partial charge in [0.15, 0.2) is 0 Å².